The van der Waals surface area contributed by atoms with E-state index in [1.54, 1.807) is 6.07 Å². The largest absolute Gasteiger partial charge is 0.272 e. The SMILES string of the molecule is O=C(NNC(=O)C1(c2ccccc2)CC1)c1ccccc1F. The molecule has 2 aromatic rings. The van der Waals surface area contributed by atoms with Crippen LogP contribution in [0.2, 0.25) is 0 Å². The van der Waals surface area contributed by atoms with E-state index in [0.29, 0.717) is 0 Å². The van der Waals surface area contributed by atoms with Gasteiger partial charge in [-0.3, -0.25) is 20.4 Å². The number of amides is 2. The van der Waals surface area contributed by atoms with Gasteiger partial charge in [-0.1, -0.05) is 42.5 Å². The van der Waals surface area contributed by atoms with E-state index in [0.717, 1.165) is 18.4 Å². The lowest BCUT2D eigenvalue weighted by Crippen LogP contribution is -2.46. The minimum absolute atomic E-state index is 0.104. The molecule has 0 saturated heterocycles. The first-order valence-corrected chi connectivity index (χ1v) is 7.04. The van der Waals surface area contributed by atoms with Crippen molar-refractivity contribution in [1.82, 2.24) is 10.9 Å². The Hall–Kier alpha value is -2.69. The summed E-state index contributed by atoms with van der Waals surface area (Å²) in [5, 5.41) is 0. The van der Waals surface area contributed by atoms with Crippen molar-refractivity contribution < 1.29 is 14.0 Å². The number of hydrogen-bond acceptors (Lipinski definition) is 2. The first-order valence-electron chi connectivity index (χ1n) is 7.04. The summed E-state index contributed by atoms with van der Waals surface area (Å²) in [7, 11) is 0. The van der Waals surface area contributed by atoms with Crippen molar-refractivity contribution in [3.05, 3.63) is 71.5 Å². The van der Waals surface area contributed by atoms with Gasteiger partial charge in [-0.2, -0.15) is 0 Å². The van der Waals surface area contributed by atoms with Gasteiger partial charge in [-0.25, -0.2) is 4.39 Å². The molecule has 22 heavy (non-hydrogen) atoms. The number of carbonyl (C=O) groups is 2. The second-order valence-corrected chi connectivity index (χ2v) is 5.34. The van der Waals surface area contributed by atoms with Gasteiger partial charge in [-0.05, 0) is 30.5 Å². The Morgan fingerprint density at radius 2 is 1.55 bits per heavy atom. The van der Waals surface area contributed by atoms with Gasteiger partial charge < -0.3 is 0 Å². The molecule has 2 N–H and O–H groups in total. The van der Waals surface area contributed by atoms with Crippen molar-refractivity contribution in [3.63, 3.8) is 0 Å². The van der Waals surface area contributed by atoms with E-state index in [4.69, 9.17) is 0 Å². The van der Waals surface area contributed by atoms with E-state index in [1.807, 2.05) is 30.3 Å². The van der Waals surface area contributed by atoms with Gasteiger partial charge in [0, 0.05) is 0 Å². The summed E-state index contributed by atoms with van der Waals surface area (Å²) in [5.41, 5.74) is 4.92. The van der Waals surface area contributed by atoms with Crippen LogP contribution in [-0.4, -0.2) is 11.8 Å². The fourth-order valence-electron chi connectivity index (χ4n) is 2.47. The average Bonchev–Trinajstić information content (AvgIpc) is 3.35. The summed E-state index contributed by atoms with van der Waals surface area (Å²) < 4.78 is 13.5. The van der Waals surface area contributed by atoms with Crippen LogP contribution in [0.25, 0.3) is 0 Å². The molecule has 5 heteroatoms. The molecule has 0 atom stereocenters. The molecule has 4 nitrogen and oxygen atoms in total. The molecule has 0 aliphatic heterocycles. The fourth-order valence-corrected chi connectivity index (χ4v) is 2.47. The van der Waals surface area contributed by atoms with Crippen LogP contribution in [0.15, 0.2) is 54.6 Å². The van der Waals surface area contributed by atoms with Gasteiger partial charge in [0.25, 0.3) is 5.91 Å². The molecule has 112 valence electrons. The molecule has 1 aliphatic carbocycles. The maximum Gasteiger partial charge on any atom is 0.272 e. The number of hydrazine groups is 1. The first-order chi connectivity index (χ1) is 10.6. The first kappa shape index (κ1) is 14.3. The molecule has 0 spiro atoms. The zero-order chi connectivity index (χ0) is 15.6. The lowest BCUT2D eigenvalue weighted by atomic mass is 9.95. The van der Waals surface area contributed by atoms with Crippen LogP contribution in [0.4, 0.5) is 4.39 Å². The normalized spacial score (nSPS) is 15.0. The molecule has 3 rings (SSSR count). The van der Waals surface area contributed by atoms with Crippen molar-refractivity contribution in [2.45, 2.75) is 18.3 Å². The quantitative estimate of drug-likeness (QED) is 0.854. The van der Waals surface area contributed by atoms with Gasteiger partial charge >= 0.3 is 0 Å². The van der Waals surface area contributed by atoms with E-state index in [-0.39, 0.29) is 11.5 Å². The smallest absolute Gasteiger partial charge is 0.272 e. The monoisotopic (exact) mass is 298 g/mol. The minimum atomic E-state index is -0.671. The maximum absolute atomic E-state index is 13.5. The van der Waals surface area contributed by atoms with Gasteiger partial charge in [0.2, 0.25) is 5.91 Å². The van der Waals surface area contributed by atoms with Gasteiger partial charge in [0.1, 0.15) is 5.82 Å². The second-order valence-electron chi connectivity index (χ2n) is 5.34. The Morgan fingerprint density at radius 3 is 2.18 bits per heavy atom. The summed E-state index contributed by atoms with van der Waals surface area (Å²) in [6.07, 6.45) is 1.47. The standard InChI is InChI=1S/C17H15FN2O2/c18-14-9-5-4-8-13(14)15(21)19-20-16(22)17(10-11-17)12-6-2-1-3-7-12/h1-9H,10-11H2,(H,19,21)(H,20,22). The third-order valence-electron chi connectivity index (χ3n) is 3.92. The highest BCUT2D eigenvalue weighted by atomic mass is 19.1. The van der Waals surface area contributed by atoms with Crippen molar-refractivity contribution in [3.8, 4) is 0 Å². The molecule has 1 aliphatic rings. The third-order valence-corrected chi connectivity index (χ3v) is 3.92. The molecule has 1 fully saturated rings. The minimum Gasteiger partial charge on any atom is -0.272 e. The summed E-state index contributed by atoms with van der Waals surface area (Å²) in [6.45, 7) is 0. The zero-order valence-corrected chi connectivity index (χ0v) is 11.8. The summed E-state index contributed by atoms with van der Waals surface area (Å²) in [5.74, 6) is -1.57. The van der Waals surface area contributed by atoms with E-state index in [2.05, 4.69) is 10.9 Å². The number of halogens is 1. The number of nitrogens with one attached hydrogen (secondary N) is 2. The molecule has 0 heterocycles. The average molecular weight is 298 g/mol. The van der Waals surface area contributed by atoms with E-state index in [9.17, 15) is 14.0 Å². The highest BCUT2D eigenvalue weighted by molar-refractivity contribution is 5.97. The molecular formula is C17H15FN2O2. The Morgan fingerprint density at radius 1 is 0.909 bits per heavy atom. The summed E-state index contributed by atoms with van der Waals surface area (Å²) in [6, 6.07) is 15.0. The second kappa shape index (κ2) is 5.60. The molecule has 0 radical (unpaired) electrons. The Bertz CT molecular complexity index is 712. The van der Waals surface area contributed by atoms with Crippen molar-refractivity contribution in [2.24, 2.45) is 0 Å². The Labute approximate surface area is 127 Å². The van der Waals surface area contributed by atoms with Crippen LogP contribution in [0.3, 0.4) is 0 Å². The third kappa shape index (κ3) is 2.57. The molecule has 0 bridgehead atoms. The zero-order valence-electron chi connectivity index (χ0n) is 11.8. The molecule has 0 aromatic heterocycles. The number of rotatable bonds is 3. The highest BCUT2D eigenvalue weighted by Crippen LogP contribution is 2.48. The molecular weight excluding hydrogens is 283 g/mol. The number of benzene rings is 2. The maximum atomic E-state index is 13.5. The van der Waals surface area contributed by atoms with Crippen LogP contribution in [-0.2, 0) is 10.2 Å². The van der Waals surface area contributed by atoms with Crippen LogP contribution < -0.4 is 10.9 Å². The topological polar surface area (TPSA) is 58.2 Å². The van der Waals surface area contributed by atoms with E-state index >= 15 is 0 Å². The fraction of sp³-hybridized carbons (Fsp3) is 0.176. The summed E-state index contributed by atoms with van der Waals surface area (Å²) in [4.78, 5) is 24.2. The Balaban J connectivity index is 1.66. The van der Waals surface area contributed by atoms with E-state index in [1.165, 1.54) is 18.2 Å². The van der Waals surface area contributed by atoms with Crippen LogP contribution in [0.1, 0.15) is 28.8 Å². The molecule has 2 amide bonds. The van der Waals surface area contributed by atoms with Gasteiger partial charge in [0.15, 0.2) is 0 Å². The lowest BCUT2D eigenvalue weighted by molar-refractivity contribution is -0.124. The van der Waals surface area contributed by atoms with Crippen molar-refractivity contribution in [2.75, 3.05) is 0 Å². The number of carbonyl (C=O) groups excluding carboxylic acids is 2. The lowest BCUT2D eigenvalue weighted by Gasteiger charge is -2.16. The van der Waals surface area contributed by atoms with Crippen molar-refractivity contribution in [1.29, 1.82) is 0 Å². The molecule has 2 aromatic carbocycles. The van der Waals surface area contributed by atoms with Crippen LogP contribution in [0, 0.1) is 5.82 Å². The molecule has 0 unspecified atom stereocenters. The predicted molar refractivity (Wildman–Crippen MR) is 79.4 cm³/mol. The highest BCUT2D eigenvalue weighted by Gasteiger charge is 2.51. The Kier molecular flexibility index (Phi) is 3.63. The van der Waals surface area contributed by atoms with Gasteiger partial charge in [-0.15, -0.1) is 0 Å². The van der Waals surface area contributed by atoms with Gasteiger partial charge in [0.05, 0.1) is 11.0 Å². The van der Waals surface area contributed by atoms with Crippen molar-refractivity contribution >= 4 is 11.8 Å². The number of hydrogen-bond donors (Lipinski definition) is 2. The predicted octanol–water partition coefficient (Wildman–Crippen LogP) is 2.32. The molecule has 1 saturated carbocycles. The van der Waals surface area contributed by atoms with Crippen LogP contribution >= 0.6 is 0 Å². The van der Waals surface area contributed by atoms with Crippen LogP contribution in [0.5, 0.6) is 0 Å². The van der Waals surface area contributed by atoms with E-state index < -0.39 is 17.1 Å². The summed E-state index contributed by atoms with van der Waals surface area (Å²) >= 11 is 0.